The summed E-state index contributed by atoms with van der Waals surface area (Å²) in [6.07, 6.45) is 2.54. The summed E-state index contributed by atoms with van der Waals surface area (Å²) >= 11 is 0. The largest absolute Gasteiger partial charge is 0.453 e. The Bertz CT molecular complexity index is 667. The van der Waals surface area contributed by atoms with E-state index in [4.69, 9.17) is 4.74 Å². The van der Waals surface area contributed by atoms with Crippen molar-refractivity contribution >= 4 is 11.5 Å². The first kappa shape index (κ1) is 16.9. The molecule has 1 saturated carbocycles. The topological polar surface area (TPSA) is 64.3 Å². The van der Waals surface area contributed by atoms with Gasteiger partial charge in [0, 0.05) is 13.2 Å². The monoisotopic (exact) mass is 343 g/mol. The van der Waals surface area contributed by atoms with Crippen molar-refractivity contribution in [3.8, 4) is 0 Å². The molecule has 0 bridgehead atoms. The number of ether oxygens (including phenoxy) is 1. The first-order valence-electron chi connectivity index (χ1n) is 8.19. The molecule has 2 heterocycles. The normalized spacial score (nSPS) is 16.6. The van der Waals surface area contributed by atoms with E-state index in [2.05, 4.69) is 20.6 Å². The molecule has 0 amide bonds. The fraction of sp³-hybridized carbons (Fsp3) is 0.667. The molecule has 0 unspecified atom stereocenters. The van der Waals surface area contributed by atoms with Gasteiger partial charge in [-0.1, -0.05) is 19.3 Å². The van der Waals surface area contributed by atoms with E-state index in [0.717, 1.165) is 19.3 Å². The van der Waals surface area contributed by atoms with Crippen molar-refractivity contribution in [2.24, 2.45) is 0 Å². The number of alkyl halides is 3. The molecule has 1 aliphatic carbocycles. The van der Waals surface area contributed by atoms with Crippen LogP contribution in [0.15, 0.2) is 12.1 Å². The molecule has 1 fully saturated rings. The highest BCUT2D eigenvalue weighted by atomic mass is 19.4. The Balaban J connectivity index is 1.50. The van der Waals surface area contributed by atoms with E-state index in [0.29, 0.717) is 29.6 Å². The van der Waals surface area contributed by atoms with Crippen LogP contribution in [0.2, 0.25) is 0 Å². The van der Waals surface area contributed by atoms with Crippen LogP contribution < -0.4 is 5.32 Å². The number of nitrogens with zero attached hydrogens (tertiary/aromatic N) is 4. The van der Waals surface area contributed by atoms with Crippen molar-refractivity contribution in [3.63, 3.8) is 0 Å². The predicted molar refractivity (Wildman–Crippen MR) is 81.7 cm³/mol. The fourth-order valence-electron chi connectivity index (χ4n) is 2.83. The van der Waals surface area contributed by atoms with Gasteiger partial charge >= 0.3 is 6.18 Å². The van der Waals surface area contributed by atoms with Gasteiger partial charge in [-0.25, -0.2) is 0 Å². The van der Waals surface area contributed by atoms with Gasteiger partial charge in [0.15, 0.2) is 5.65 Å². The molecule has 2 aromatic rings. The smallest absolute Gasteiger partial charge is 0.378 e. The van der Waals surface area contributed by atoms with E-state index < -0.39 is 12.0 Å². The third kappa shape index (κ3) is 4.14. The van der Waals surface area contributed by atoms with Crippen LogP contribution in [0.5, 0.6) is 0 Å². The zero-order valence-corrected chi connectivity index (χ0v) is 13.2. The van der Waals surface area contributed by atoms with Gasteiger partial charge in [-0.15, -0.1) is 15.3 Å². The molecule has 0 aromatic carbocycles. The van der Waals surface area contributed by atoms with Gasteiger partial charge in [-0.05, 0) is 31.4 Å². The maximum atomic E-state index is 12.8. The van der Waals surface area contributed by atoms with E-state index in [9.17, 15) is 13.2 Å². The zero-order valence-electron chi connectivity index (χ0n) is 13.2. The molecular formula is C15H20F3N5O. The van der Waals surface area contributed by atoms with Gasteiger partial charge in [-0.2, -0.15) is 17.7 Å². The van der Waals surface area contributed by atoms with Crippen LogP contribution in [0.1, 0.15) is 44.3 Å². The van der Waals surface area contributed by atoms with E-state index >= 15 is 0 Å². The zero-order chi connectivity index (χ0) is 17.0. The first-order chi connectivity index (χ1) is 11.5. The van der Waals surface area contributed by atoms with Gasteiger partial charge in [-0.3, -0.25) is 0 Å². The molecule has 1 N–H and O–H groups in total. The summed E-state index contributed by atoms with van der Waals surface area (Å²) in [5.41, 5.74) is 0.0634. The highest BCUT2D eigenvalue weighted by Gasteiger charge is 2.37. The lowest BCUT2D eigenvalue weighted by atomic mass is 9.98. The molecule has 1 aliphatic rings. The molecule has 3 rings (SSSR count). The highest BCUT2D eigenvalue weighted by molar-refractivity contribution is 5.44. The second-order valence-corrected chi connectivity index (χ2v) is 5.92. The lowest BCUT2D eigenvalue weighted by molar-refractivity contribution is -0.146. The second-order valence-electron chi connectivity index (χ2n) is 5.92. The third-order valence-corrected chi connectivity index (χ3v) is 4.05. The van der Waals surface area contributed by atoms with Crippen LogP contribution in [0.3, 0.4) is 0 Å². The van der Waals surface area contributed by atoms with Crippen molar-refractivity contribution in [1.82, 2.24) is 19.8 Å². The Kier molecular flexibility index (Phi) is 5.17. The van der Waals surface area contributed by atoms with Gasteiger partial charge < -0.3 is 10.1 Å². The number of rotatable bonds is 6. The van der Waals surface area contributed by atoms with Crippen LogP contribution in [0.25, 0.3) is 5.65 Å². The Labute approximate surface area is 137 Å². The maximum Gasteiger partial charge on any atom is 0.453 e. The summed E-state index contributed by atoms with van der Waals surface area (Å²) in [6.45, 7) is 1.22. The molecule has 132 valence electrons. The van der Waals surface area contributed by atoms with Crippen LogP contribution in [0, 0.1) is 0 Å². The van der Waals surface area contributed by atoms with Crippen molar-refractivity contribution in [2.45, 2.75) is 50.8 Å². The van der Waals surface area contributed by atoms with Crippen molar-refractivity contribution in [2.75, 3.05) is 18.5 Å². The van der Waals surface area contributed by atoms with Gasteiger partial charge in [0.25, 0.3) is 5.82 Å². The SMILES string of the molecule is FC(F)(F)c1nnc2ccc(NCCCOC3CCCCC3)nn12. The Hall–Kier alpha value is -1.90. The number of nitrogens with one attached hydrogen (secondary N) is 1. The van der Waals surface area contributed by atoms with E-state index in [1.807, 2.05) is 0 Å². The molecule has 9 heteroatoms. The fourth-order valence-corrected chi connectivity index (χ4v) is 2.83. The quantitative estimate of drug-likeness (QED) is 0.816. The van der Waals surface area contributed by atoms with Crippen molar-refractivity contribution in [3.05, 3.63) is 18.0 Å². The molecule has 0 saturated heterocycles. The highest BCUT2D eigenvalue weighted by Crippen LogP contribution is 2.27. The summed E-state index contributed by atoms with van der Waals surface area (Å²) in [7, 11) is 0. The molecule has 2 aromatic heterocycles. The number of hydrogen-bond acceptors (Lipinski definition) is 5. The molecule has 0 atom stereocenters. The Morgan fingerprint density at radius 2 is 1.96 bits per heavy atom. The molecule has 0 spiro atoms. The number of anilines is 1. The van der Waals surface area contributed by atoms with Gasteiger partial charge in [0.2, 0.25) is 0 Å². The van der Waals surface area contributed by atoms with E-state index in [1.165, 1.54) is 25.3 Å². The molecule has 0 aliphatic heterocycles. The lowest BCUT2D eigenvalue weighted by Crippen LogP contribution is -2.18. The number of hydrogen-bond donors (Lipinski definition) is 1. The predicted octanol–water partition coefficient (Wildman–Crippen LogP) is 3.29. The first-order valence-corrected chi connectivity index (χ1v) is 8.19. The average Bonchev–Trinajstić information content (AvgIpc) is 2.99. The number of aromatic nitrogens is 4. The Morgan fingerprint density at radius 3 is 2.71 bits per heavy atom. The summed E-state index contributed by atoms with van der Waals surface area (Å²) in [5.74, 6) is -0.771. The van der Waals surface area contributed by atoms with Gasteiger partial charge in [0.05, 0.1) is 6.10 Å². The van der Waals surface area contributed by atoms with E-state index in [1.54, 1.807) is 6.07 Å². The minimum Gasteiger partial charge on any atom is -0.378 e. The number of halogens is 3. The summed E-state index contributed by atoms with van der Waals surface area (Å²) in [5, 5.41) is 13.5. The number of fused-ring (bicyclic) bond motifs is 1. The third-order valence-electron chi connectivity index (χ3n) is 4.05. The Morgan fingerprint density at radius 1 is 1.17 bits per heavy atom. The average molecular weight is 343 g/mol. The standard InChI is InChI=1S/C15H20F3N5O/c16-15(17,18)14-21-20-13-8-7-12(22-23(13)14)19-9-4-10-24-11-5-2-1-3-6-11/h7-8,11H,1-6,9-10H2,(H,19,22). The lowest BCUT2D eigenvalue weighted by Gasteiger charge is -2.21. The van der Waals surface area contributed by atoms with Gasteiger partial charge in [0.1, 0.15) is 5.82 Å². The van der Waals surface area contributed by atoms with Crippen LogP contribution in [0.4, 0.5) is 19.0 Å². The summed E-state index contributed by atoms with van der Waals surface area (Å²) in [6, 6.07) is 3.04. The molecular weight excluding hydrogens is 323 g/mol. The maximum absolute atomic E-state index is 12.8. The van der Waals surface area contributed by atoms with E-state index in [-0.39, 0.29) is 5.65 Å². The van der Waals surface area contributed by atoms with Crippen LogP contribution in [-0.2, 0) is 10.9 Å². The molecule has 0 radical (unpaired) electrons. The van der Waals surface area contributed by atoms with Crippen LogP contribution >= 0.6 is 0 Å². The van der Waals surface area contributed by atoms with Crippen molar-refractivity contribution < 1.29 is 17.9 Å². The van der Waals surface area contributed by atoms with Crippen molar-refractivity contribution in [1.29, 1.82) is 0 Å². The summed E-state index contributed by atoms with van der Waals surface area (Å²) in [4.78, 5) is 0. The minimum absolute atomic E-state index is 0.0634. The molecule has 6 nitrogen and oxygen atoms in total. The summed E-state index contributed by atoms with van der Waals surface area (Å²) < 4.78 is 45.0. The van der Waals surface area contributed by atoms with Crippen LogP contribution in [-0.4, -0.2) is 39.1 Å². The molecule has 24 heavy (non-hydrogen) atoms. The minimum atomic E-state index is -4.58. The second kappa shape index (κ2) is 7.33.